The van der Waals surface area contributed by atoms with Crippen LogP contribution in [0.25, 0.3) is 0 Å². The van der Waals surface area contributed by atoms with E-state index in [-0.39, 0.29) is 42.4 Å². The maximum atomic E-state index is 14.1. The number of aliphatic hydroxyl groups excluding tert-OH is 1. The lowest BCUT2D eigenvalue weighted by Gasteiger charge is -2.48. The number of amides is 1. The third kappa shape index (κ3) is 8.84. The Labute approximate surface area is 280 Å². The number of fused-ring (bicyclic) bond motifs is 1. The normalized spacial score (nSPS) is 43.3. The maximum Gasteiger partial charge on any atom is 0.408 e. The number of hydrogen-bond acceptors (Lipinski definition) is 12. The maximum absolute atomic E-state index is 14.1. The fraction of sp³-hybridized carbons (Fsp3) is 0.912. The molecule has 270 valence electrons. The first-order valence-corrected chi connectivity index (χ1v) is 17.4. The zero-order valence-corrected chi connectivity index (χ0v) is 30.0. The Bertz CT molecular complexity index is 1110. The van der Waals surface area contributed by atoms with E-state index in [0.717, 1.165) is 6.54 Å². The Morgan fingerprint density at radius 1 is 1.13 bits per heavy atom. The number of esters is 1. The summed E-state index contributed by atoms with van der Waals surface area (Å²) in [6, 6.07) is -0.363. The first kappa shape index (κ1) is 37.9. The summed E-state index contributed by atoms with van der Waals surface area (Å²) in [6.45, 7) is 14.2. The predicted octanol–water partition coefficient (Wildman–Crippen LogP) is 1.84. The summed E-state index contributed by atoms with van der Waals surface area (Å²) in [5.41, 5.74) is -2.13. The highest BCUT2D eigenvalue weighted by Crippen LogP contribution is 2.37. The topological polar surface area (TPSA) is 157 Å². The molecule has 0 radical (unpaired) electrons. The Balaban J connectivity index is 1.63. The summed E-state index contributed by atoms with van der Waals surface area (Å²) in [5.74, 6) is -2.86. The first-order valence-electron chi connectivity index (χ1n) is 17.4. The van der Waals surface area contributed by atoms with Gasteiger partial charge in [0.1, 0.15) is 18.6 Å². The van der Waals surface area contributed by atoms with Gasteiger partial charge in [0.05, 0.1) is 23.9 Å². The molecule has 1 saturated carbocycles. The summed E-state index contributed by atoms with van der Waals surface area (Å²) < 4.78 is 30.7. The van der Waals surface area contributed by atoms with Crippen molar-refractivity contribution in [2.45, 2.75) is 134 Å². The molecule has 6 unspecified atom stereocenters. The van der Waals surface area contributed by atoms with Crippen molar-refractivity contribution < 1.29 is 43.2 Å². The van der Waals surface area contributed by atoms with Gasteiger partial charge in [-0.05, 0) is 85.9 Å². The summed E-state index contributed by atoms with van der Waals surface area (Å²) in [4.78, 5) is 41.6. The molecule has 13 nitrogen and oxygen atoms in total. The number of ketones is 1. The quantitative estimate of drug-likeness (QED) is 0.220. The van der Waals surface area contributed by atoms with Crippen LogP contribution in [0.2, 0.25) is 0 Å². The number of hydrogen-bond donors (Lipinski definition) is 4. The number of methoxy groups -OCH3 is 1. The number of carbonyl (C=O) groups excluding carboxylic acids is 3. The van der Waals surface area contributed by atoms with E-state index in [2.05, 4.69) is 29.8 Å². The third-order valence-electron chi connectivity index (χ3n) is 10.9. The number of cyclic esters (lactones) is 1. The highest BCUT2D eigenvalue weighted by atomic mass is 16.7. The van der Waals surface area contributed by atoms with E-state index >= 15 is 0 Å². The molecule has 1 amide bonds. The van der Waals surface area contributed by atoms with Gasteiger partial charge in [0.2, 0.25) is 0 Å². The van der Waals surface area contributed by atoms with Gasteiger partial charge in [0.25, 0.3) is 0 Å². The molecule has 3 aliphatic heterocycles. The second-order valence-electron chi connectivity index (χ2n) is 15.4. The van der Waals surface area contributed by atoms with Crippen LogP contribution in [0.4, 0.5) is 4.79 Å². The van der Waals surface area contributed by atoms with Crippen molar-refractivity contribution in [2.24, 2.45) is 23.7 Å². The van der Waals surface area contributed by atoms with Crippen molar-refractivity contribution in [3.05, 3.63) is 0 Å². The average Bonchev–Trinajstić information content (AvgIpc) is 3.81. The summed E-state index contributed by atoms with van der Waals surface area (Å²) in [5, 5.41) is 21.5. The highest BCUT2D eigenvalue weighted by molar-refractivity contribution is 6.00. The van der Waals surface area contributed by atoms with Crippen molar-refractivity contribution >= 4 is 17.8 Å². The molecule has 47 heavy (non-hydrogen) atoms. The Morgan fingerprint density at radius 3 is 2.43 bits per heavy atom. The van der Waals surface area contributed by atoms with Crippen LogP contribution < -0.4 is 16.0 Å². The molecule has 0 aromatic rings. The molecule has 4 fully saturated rings. The van der Waals surface area contributed by atoms with Crippen LogP contribution in [0.5, 0.6) is 0 Å². The van der Waals surface area contributed by atoms with Crippen LogP contribution in [-0.4, -0.2) is 129 Å². The van der Waals surface area contributed by atoms with Crippen molar-refractivity contribution in [3.63, 3.8) is 0 Å². The van der Waals surface area contributed by atoms with Crippen LogP contribution in [0.15, 0.2) is 0 Å². The molecule has 13 heteroatoms. The van der Waals surface area contributed by atoms with Gasteiger partial charge in [-0.2, -0.15) is 0 Å². The molecular formula is C34H60N4O9. The van der Waals surface area contributed by atoms with Gasteiger partial charge in [-0.1, -0.05) is 20.8 Å². The Kier molecular flexibility index (Phi) is 12.4. The minimum atomic E-state index is -1.13. The SMILES string of the molecule is CO[C@]1(C)C[C@@H](C)CN[C@H](C)[C@H]2NC(=O)O[C@]2(C)COC(=O)C(C)C(=O)[C@H](C)[C@H]1OC1OC(C(C)CNC2CC2)CC(N(C)C)C1O. The zero-order valence-electron chi connectivity index (χ0n) is 30.0. The predicted molar refractivity (Wildman–Crippen MR) is 175 cm³/mol. The molecule has 1 aliphatic carbocycles. The molecule has 4 N–H and O–H groups in total. The molecule has 0 spiro atoms. The van der Waals surface area contributed by atoms with Crippen LogP contribution >= 0.6 is 0 Å². The number of aliphatic hydroxyl groups is 1. The van der Waals surface area contributed by atoms with Crippen LogP contribution in [0.3, 0.4) is 0 Å². The second kappa shape index (κ2) is 15.3. The number of rotatable bonds is 8. The van der Waals surface area contributed by atoms with Crippen LogP contribution in [0.1, 0.15) is 74.1 Å². The molecule has 4 aliphatic rings. The minimum absolute atomic E-state index is 0.0357. The lowest BCUT2D eigenvalue weighted by atomic mass is 9.78. The van der Waals surface area contributed by atoms with Crippen molar-refractivity contribution in [2.75, 3.05) is 40.9 Å². The van der Waals surface area contributed by atoms with Gasteiger partial charge in [-0.3, -0.25) is 9.59 Å². The number of nitrogens with zero attached hydrogens (tertiary/aromatic N) is 1. The number of nitrogens with one attached hydrogen (secondary N) is 3. The fourth-order valence-electron chi connectivity index (χ4n) is 7.51. The van der Waals surface area contributed by atoms with E-state index in [1.807, 2.05) is 32.8 Å². The van der Waals surface area contributed by atoms with Gasteiger partial charge in [-0.15, -0.1) is 0 Å². The molecule has 3 heterocycles. The second-order valence-corrected chi connectivity index (χ2v) is 15.4. The third-order valence-corrected chi connectivity index (χ3v) is 10.9. The molecule has 3 saturated heterocycles. The summed E-state index contributed by atoms with van der Waals surface area (Å²) >= 11 is 0. The zero-order chi connectivity index (χ0) is 34.8. The Hall–Kier alpha value is -1.87. The number of Topliss-reactive ketones (excluding diaryl/α,β-unsaturated/α-hetero) is 1. The van der Waals surface area contributed by atoms with Gasteiger partial charge >= 0.3 is 12.1 Å². The number of carbonyl (C=O) groups is 3. The minimum Gasteiger partial charge on any atom is -0.461 e. The first-order chi connectivity index (χ1) is 22.0. The van der Waals surface area contributed by atoms with Crippen molar-refractivity contribution in [3.8, 4) is 0 Å². The van der Waals surface area contributed by atoms with E-state index < -0.39 is 59.6 Å². The van der Waals surface area contributed by atoms with Gasteiger partial charge in [0, 0.05) is 37.7 Å². The standard InChI is InChI=1S/C34H60N4O9/c1-18-14-33(6,43-10)29(46-31-27(40)24(38(8)9)13-25(45-31)19(2)16-36-23-11-12-23)20(3)26(39)21(4)30(41)44-17-34(7)28(22(5)35-15-18)37-32(42)47-34/h18-25,27-29,31,35-36,40H,11-17H2,1-10H3,(H,37,42)/t18-,19?,20+,21?,22-,24?,25?,27?,28-,29-,31?,33-,34-/m1/s1. The molecule has 13 atom stereocenters. The van der Waals surface area contributed by atoms with Crippen molar-refractivity contribution in [1.29, 1.82) is 0 Å². The van der Waals surface area contributed by atoms with Crippen LogP contribution in [0, 0.1) is 23.7 Å². The van der Waals surface area contributed by atoms with E-state index in [4.69, 9.17) is 23.7 Å². The summed E-state index contributed by atoms with van der Waals surface area (Å²) in [7, 11) is 5.46. The monoisotopic (exact) mass is 668 g/mol. The molecule has 0 bridgehead atoms. The number of ether oxygens (including phenoxy) is 5. The number of alkyl carbamates (subject to hydrolysis) is 1. The highest BCUT2D eigenvalue weighted by Gasteiger charge is 2.52. The van der Waals surface area contributed by atoms with E-state index in [1.165, 1.54) is 19.8 Å². The fourth-order valence-corrected chi connectivity index (χ4v) is 7.51. The molecule has 0 aromatic carbocycles. The van der Waals surface area contributed by atoms with E-state index in [0.29, 0.717) is 25.4 Å². The van der Waals surface area contributed by atoms with Crippen LogP contribution in [-0.2, 0) is 33.3 Å². The average molecular weight is 669 g/mol. The van der Waals surface area contributed by atoms with Gasteiger partial charge in [0.15, 0.2) is 17.7 Å². The largest absolute Gasteiger partial charge is 0.461 e. The van der Waals surface area contributed by atoms with Gasteiger partial charge in [-0.25, -0.2) is 4.79 Å². The molecule has 4 rings (SSSR count). The van der Waals surface area contributed by atoms with E-state index in [9.17, 15) is 19.5 Å². The molecular weight excluding hydrogens is 608 g/mol. The number of likely N-dealkylation sites (N-methyl/N-ethyl adjacent to an activating group) is 1. The van der Waals surface area contributed by atoms with E-state index in [1.54, 1.807) is 21.0 Å². The molecule has 0 aromatic heterocycles. The van der Waals surface area contributed by atoms with Gasteiger partial charge < -0.3 is 49.6 Å². The summed E-state index contributed by atoms with van der Waals surface area (Å²) in [6.07, 6.45) is -0.159. The lowest BCUT2D eigenvalue weighted by Crippen LogP contribution is -2.60. The van der Waals surface area contributed by atoms with Crippen molar-refractivity contribution in [1.82, 2.24) is 20.9 Å². The smallest absolute Gasteiger partial charge is 0.408 e. The lowest BCUT2D eigenvalue weighted by molar-refractivity contribution is -0.302. The Morgan fingerprint density at radius 2 is 1.81 bits per heavy atom.